The first-order valence-corrected chi connectivity index (χ1v) is 8.44. The van der Waals surface area contributed by atoms with Gasteiger partial charge in [0, 0.05) is 6.42 Å². The predicted molar refractivity (Wildman–Crippen MR) is 85.1 cm³/mol. The number of hydrogen-bond donors (Lipinski definition) is 0. The van der Waals surface area contributed by atoms with E-state index in [0.717, 1.165) is 6.42 Å². The standard InChI is InChI=1S/C16H25ClO7/c1-6-8-11-16(7-2,24-23-11)14(20)22-15(4,5)9-10(3)21-13(19)12(17)18/h10-11H,6-9H2,1-5H3. The van der Waals surface area contributed by atoms with Gasteiger partial charge in [-0.15, -0.1) is 0 Å². The summed E-state index contributed by atoms with van der Waals surface area (Å²) in [5, 5.41) is -1.19. The Labute approximate surface area is 146 Å². The summed E-state index contributed by atoms with van der Waals surface area (Å²) < 4.78 is 10.4. The van der Waals surface area contributed by atoms with E-state index in [2.05, 4.69) is 0 Å². The number of rotatable bonds is 9. The smallest absolute Gasteiger partial charge is 0.391 e. The molecule has 0 aromatic rings. The Kier molecular flexibility index (Phi) is 7.19. The molecule has 3 atom stereocenters. The highest BCUT2D eigenvalue weighted by molar-refractivity contribution is 6.80. The second kappa shape index (κ2) is 8.27. The maximum absolute atomic E-state index is 12.6. The van der Waals surface area contributed by atoms with Crippen molar-refractivity contribution in [2.75, 3.05) is 0 Å². The Morgan fingerprint density at radius 1 is 1.29 bits per heavy atom. The lowest BCUT2D eigenvalue weighted by Gasteiger charge is -2.45. The van der Waals surface area contributed by atoms with Crippen molar-refractivity contribution in [2.45, 2.75) is 83.7 Å². The molecule has 0 N–H and O–H groups in total. The highest BCUT2D eigenvalue weighted by Gasteiger charge is 2.58. The van der Waals surface area contributed by atoms with Crippen LogP contribution in [0.15, 0.2) is 0 Å². The molecular weight excluding hydrogens is 340 g/mol. The fourth-order valence-electron chi connectivity index (χ4n) is 2.71. The van der Waals surface area contributed by atoms with Crippen molar-refractivity contribution >= 4 is 28.8 Å². The molecule has 0 aliphatic carbocycles. The molecule has 1 heterocycles. The first-order chi connectivity index (χ1) is 11.1. The van der Waals surface area contributed by atoms with Gasteiger partial charge in [-0.25, -0.2) is 19.4 Å². The lowest BCUT2D eigenvalue weighted by Crippen LogP contribution is -2.62. The number of ether oxygens (including phenoxy) is 2. The van der Waals surface area contributed by atoms with Crippen LogP contribution in [0.1, 0.15) is 60.3 Å². The molecule has 1 rings (SSSR count). The highest BCUT2D eigenvalue weighted by atomic mass is 35.5. The Morgan fingerprint density at radius 2 is 1.92 bits per heavy atom. The van der Waals surface area contributed by atoms with Crippen LogP contribution in [0.2, 0.25) is 0 Å². The molecule has 0 aromatic carbocycles. The van der Waals surface area contributed by atoms with Crippen molar-refractivity contribution < 1.29 is 33.6 Å². The number of carbonyl (C=O) groups is 3. The molecule has 7 nitrogen and oxygen atoms in total. The minimum absolute atomic E-state index is 0.202. The Hall–Kier alpha value is -1.18. The van der Waals surface area contributed by atoms with E-state index in [0.29, 0.717) is 12.8 Å². The molecule has 0 spiro atoms. The molecule has 8 heteroatoms. The van der Waals surface area contributed by atoms with Gasteiger partial charge < -0.3 is 9.47 Å². The molecule has 1 fully saturated rings. The van der Waals surface area contributed by atoms with Crippen LogP contribution in [0.3, 0.4) is 0 Å². The quantitative estimate of drug-likeness (QED) is 0.269. The second-order valence-electron chi connectivity index (χ2n) is 6.54. The Balaban J connectivity index is 2.66. The minimum atomic E-state index is -1.19. The fraction of sp³-hybridized carbons (Fsp3) is 0.812. The molecule has 24 heavy (non-hydrogen) atoms. The van der Waals surface area contributed by atoms with Crippen molar-refractivity contribution in [3.63, 3.8) is 0 Å². The molecule has 0 amide bonds. The van der Waals surface area contributed by atoms with Crippen LogP contribution in [-0.4, -0.2) is 40.6 Å². The molecule has 0 aromatic heterocycles. The van der Waals surface area contributed by atoms with Gasteiger partial charge in [0.2, 0.25) is 5.60 Å². The Bertz CT molecular complexity index is 487. The van der Waals surface area contributed by atoms with Gasteiger partial charge in [0.05, 0.1) is 0 Å². The number of hydrogen-bond acceptors (Lipinski definition) is 7. The molecule has 1 aliphatic rings. The molecule has 1 saturated heterocycles. The van der Waals surface area contributed by atoms with Crippen molar-refractivity contribution in [3.8, 4) is 0 Å². The van der Waals surface area contributed by atoms with Gasteiger partial charge in [-0.1, -0.05) is 20.3 Å². The number of halogens is 1. The SMILES string of the molecule is CCCC1OOC1(CC)C(=O)OC(C)(C)CC(C)OC(=O)C(=O)Cl. The van der Waals surface area contributed by atoms with Crippen molar-refractivity contribution in [1.29, 1.82) is 0 Å². The first-order valence-electron chi connectivity index (χ1n) is 8.06. The summed E-state index contributed by atoms with van der Waals surface area (Å²) in [4.78, 5) is 44.7. The molecular formula is C16H25ClO7. The van der Waals surface area contributed by atoms with Gasteiger partial charge in [-0.3, -0.25) is 4.79 Å². The van der Waals surface area contributed by atoms with Crippen LogP contribution in [0.25, 0.3) is 0 Å². The van der Waals surface area contributed by atoms with Crippen LogP contribution in [-0.2, 0) is 33.6 Å². The van der Waals surface area contributed by atoms with Crippen LogP contribution < -0.4 is 0 Å². The highest BCUT2D eigenvalue weighted by Crippen LogP contribution is 2.38. The summed E-state index contributed by atoms with van der Waals surface area (Å²) in [7, 11) is 0. The summed E-state index contributed by atoms with van der Waals surface area (Å²) in [5.74, 6) is -1.64. The fourth-order valence-corrected chi connectivity index (χ4v) is 2.76. The summed E-state index contributed by atoms with van der Waals surface area (Å²) in [6, 6.07) is 0. The van der Waals surface area contributed by atoms with Gasteiger partial charge in [0.15, 0.2) is 0 Å². The average molecular weight is 365 g/mol. The third-order valence-electron chi connectivity index (χ3n) is 3.87. The zero-order valence-electron chi connectivity index (χ0n) is 14.7. The maximum atomic E-state index is 12.6. The largest absolute Gasteiger partial charge is 0.457 e. The van der Waals surface area contributed by atoms with E-state index in [-0.39, 0.29) is 12.5 Å². The third-order valence-corrected chi connectivity index (χ3v) is 4.03. The minimum Gasteiger partial charge on any atom is -0.457 e. The molecule has 0 saturated carbocycles. The van der Waals surface area contributed by atoms with E-state index < -0.39 is 34.5 Å². The zero-order valence-corrected chi connectivity index (χ0v) is 15.5. The van der Waals surface area contributed by atoms with E-state index >= 15 is 0 Å². The topological polar surface area (TPSA) is 88.1 Å². The Morgan fingerprint density at radius 3 is 2.33 bits per heavy atom. The molecule has 0 bridgehead atoms. The zero-order chi connectivity index (χ0) is 18.5. The van der Waals surface area contributed by atoms with Crippen molar-refractivity contribution in [3.05, 3.63) is 0 Å². The van der Waals surface area contributed by atoms with E-state index in [1.807, 2.05) is 13.8 Å². The number of esters is 2. The van der Waals surface area contributed by atoms with Gasteiger partial charge in [0.25, 0.3) is 0 Å². The van der Waals surface area contributed by atoms with Gasteiger partial charge in [-0.05, 0) is 45.2 Å². The molecule has 0 radical (unpaired) electrons. The predicted octanol–water partition coefficient (Wildman–Crippen LogP) is 2.67. The monoisotopic (exact) mass is 364 g/mol. The molecule has 1 aliphatic heterocycles. The van der Waals surface area contributed by atoms with Crippen LogP contribution in [0, 0.1) is 0 Å². The van der Waals surface area contributed by atoms with Crippen LogP contribution in [0.4, 0.5) is 0 Å². The van der Waals surface area contributed by atoms with Crippen molar-refractivity contribution in [1.82, 2.24) is 0 Å². The van der Waals surface area contributed by atoms with Crippen LogP contribution >= 0.6 is 11.6 Å². The van der Waals surface area contributed by atoms with Crippen LogP contribution in [0.5, 0.6) is 0 Å². The maximum Gasteiger partial charge on any atom is 0.391 e. The van der Waals surface area contributed by atoms with E-state index in [1.165, 1.54) is 0 Å². The average Bonchev–Trinajstić information content (AvgIpc) is 2.42. The van der Waals surface area contributed by atoms with Crippen molar-refractivity contribution in [2.24, 2.45) is 0 Å². The van der Waals surface area contributed by atoms with Gasteiger partial charge >= 0.3 is 17.2 Å². The van der Waals surface area contributed by atoms with E-state index in [1.54, 1.807) is 20.8 Å². The summed E-state index contributed by atoms with van der Waals surface area (Å²) in [5.41, 5.74) is -2.02. The molecule has 3 unspecified atom stereocenters. The lowest BCUT2D eigenvalue weighted by molar-refractivity contribution is -0.499. The first kappa shape index (κ1) is 20.9. The van der Waals surface area contributed by atoms with Gasteiger partial charge in [-0.2, -0.15) is 0 Å². The van der Waals surface area contributed by atoms with E-state index in [9.17, 15) is 14.4 Å². The van der Waals surface area contributed by atoms with Gasteiger partial charge in [0.1, 0.15) is 17.8 Å². The second-order valence-corrected chi connectivity index (χ2v) is 6.89. The summed E-state index contributed by atoms with van der Waals surface area (Å²) in [6.45, 7) is 8.79. The summed E-state index contributed by atoms with van der Waals surface area (Å²) in [6.07, 6.45) is 1.19. The third kappa shape index (κ3) is 4.91. The molecule has 138 valence electrons. The lowest BCUT2D eigenvalue weighted by atomic mass is 9.88. The number of carbonyl (C=O) groups excluding carboxylic acids is 3. The normalized spacial score (nSPS) is 24.7. The van der Waals surface area contributed by atoms with E-state index in [4.69, 9.17) is 30.8 Å². The summed E-state index contributed by atoms with van der Waals surface area (Å²) >= 11 is 5.05.